The highest BCUT2D eigenvalue weighted by Crippen LogP contribution is 2.17. The highest BCUT2D eigenvalue weighted by atomic mass is 79.9. The molecule has 1 rings (SSSR count). The lowest BCUT2D eigenvalue weighted by molar-refractivity contribution is 1.04. The highest BCUT2D eigenvalue weighted by molar-refractivity contribution is 9.10. The average Bonchev–Trinajstić information content (AvgIpc) is 1.94. The van der Waals surface area contributed by atoms with Crippen molar-refractivity contribution in [2.24, 2.45) is 0 Å². The number of hydrogen-bond acceptors (Lipinski definition) is 2. The Morgan fingerprint density at radius 1 is 1.36 bits per heavy atom. The zero-order valence-electron chi connectivity index (χ0n) is 6.93. The van der Waals surface area contributed by atoms with Crippen LogP contribution in [0.4, 0.5) is 5.82 Å². The van der Waals surface area contributed by atoms with E-state index in [1.165, 1.54) is 5.56 Å². The van der Waals surface area contributed by atoms with Crippen molar-refractivity contribution in [1.29, 1.82) is 0 Å². The van der Waals surface area contributed by atoms with Crippen LogP contribution in [-0.2, 0) is 0 Å². The molecule has 1 aromatic rings. The first-order chi connectivity index (χ1) is 5.11. The minimum Gasteiger partial charge on any atom is -0.362 e. The monoisotopic (exact) mass is 214 g/mol. The molecule has 0 aliphatic rings. The number of pyridine rings is 1. The van der Waals surface area contributed by atoms with E-state index in [1.54, 1.807) is 0 Å². The SMILES string of the molecule is Cc1ccc(Br)nc1N(C)C. The summed E-state index contributed by atoms with van der Waals surface area (Å²) in [6, 6.07) is 3.99. The maximum absolute atomic E-state index is 4.31. The molecule has 0 spiro atoms. The number of nitrogens with zero attached hydrogens (tertiary/aromatic N) is 2. The standard InChI is InChI=1S/C8H11BrN2/c1-6-4-5-7(9)10-8(6)11(2)3/h4-5H,1-3H3. The summed E-state index contributed by atoms with van der Waals surface area (Å²) in [5, 5.41) is 0. The summed E-state index contributed by atoms with van der Waals surface area (Å²) < 4.78 is 0.881. The molecule has 60 valence electrons. The van der Waals surface area contributed by atoms with Gasteiger partial charge in [0.15, 0.2) is 0 Å². The second kappa shape index (κ2) is 3.22. The fourth-order valence-electron chi connectivity index (χ4n) is 0.948. The molecular formula is C8H11BrN2. The van der Waals surface area contributed by atoms with E-state index in [4.69, 9.17) is 0 Å². The molecule has 0 aliphatic carbocycles. The van der Waals surface area contributed by atoms with E-state index in [0.717, 1.165) is 10.4 Å². The summed E-state index contributed by atoms with van der Waals surface area (Å²) in [4.78, 5) is 6.31. The Labute approximate surface area is 75.4 Å². The molecule has 3 heteroatoms. The lowest BCUT2D eigenvalue weighted by atomic mass is 10.3. The number of hydrogen-bond donors (Lipinski definition) is 0. The van der Waals surface area contributed by atoms with E-state index >= 15 is 0 Å². The van der Waals surface area contributed by atoms with E-state index in [9.17, 15) is 0 Å². The molecule has 0 saturated heterocycles. The number of aryl methyl sites for hydroxylation is 1. The molecular weight excluding hydrogens is 204 g/mol. The molecule has 0 unspecified atom stereocenters. The van der Waals surface area contributed by atoms with Gasteiger partial charge in [-0.3, -0.25) is 0 Å². The Morgan fingerprint density at radius 2 is 2.00 bits per heavy atom. The molecule has 0 saturated carbocycles. The minimum absolute atomic E-state index is 0.881. The van der Waals surface area contributed by atoms with Crippen LogP contribution in [0.5, 0.6) is 0 Å². The van der Waals surface area contributed by atoms with Crippen LogP contribution < -0.4 is 4.90 Å². The second-order valence-electron chi connectivity index (χ2n) is 2.67. The van der Waals surface area contributed by atoms with Gasteiger partial charge in [-0.15, -0.1) is 0 Å². The van der Waals surface area contributed by atoms with E-state index in [1.807, 2.05) is 31.1 Å². The summed E-state index contributed by atoms with van der Waals surface area (Å²) in [7, 11) is 3.98. The first-order valence-electron chi connectivity index (χ1n) is 3.41. The Kier molecular flexibility index (Phi) is 2.49. The molecule has 0 bridgehead atoms. The summed E-state index contributed by atoms with van der Waals surface area (Å²) in [5.74, 6) is 1.01. The third kappa shape index (κ3) is 1.93. The van der Waals surface area contributed by atoms with Gasteiger partial charge in [0.05, 0.1) is 0 Å². The van der Waals surface area contributed by atoms with Crippen LogP contribution in [0.2, 0.25) is 0 Å². The highest BCUT2D eigenvalue weighted by Gasteiger charge is 2.01. The fraction of sp³-hybridized carbons (Fsp3) is 0.375. The molecule has 11 heavy (non-hydrogen) atoms. The third-order valence-electron chi connectivity index (χ3n) is 1.46. The van der Waals surface area contributed by atoms with Gasteiger partial charge in [-0.05, 0) is 34.5 Å². The van der Waals surface area contributed by atoms with Gasteiger partial charge in [0, 0.05) is 14.1 Å². The van der Waals surface area contributed by atoms with Crippen molar-refractivity contribution >= 4 is 21.7 Å². The van der Waals surface area contributed by atoms with Crippen LogP contribution in [0.3, 0.4) is 0 Å². The van der Waals surface area contributed by atoms with E-state index < -0.39 is 0 Å². The smallest absolute Gasteiger partial charge is 0.132 e. The lowest BCUT2D eigenvalue weighted by Gasteiger charge is -2.13. The third-order valence-corrected chi connectivity index (χ3v) is 1.90. The van der Waals surface area contributed by atoms with Crippen molar-refractivity contribution in [3.63, 3.8) is 0 Å². The predicted octanol–water partition coefficient (Wildman–Crippen LogP) is 2.22. The molecule has 0 aromatic carbocycles. The number of rotatable bonds is 1. The summed E-state index contributed by atoms with van der Waals surface area (Å²) in [6.45, 7) is 2.05. The van der Waals surface area contributed by atoms with Gasteiger partial charge in [-0.25, -0.2) is 4.98 Å². The van der Waals surface area contributed by atoms with Gasteiger partial charge in [-0.1, -0.05) is 6.07 Å². The topological polar surface area (TPSA) is 16.1 Å². The molecule has 0 fully saturated rings. The molecule has 0 radical (unpaired) electrons. The van der Waals surface area contributed by atoms with Crippen LogP contribution in [0.15, 0.2) is 16.7 Å². The van der Waals surface area contributed by atoms with Crippen LogP contribution in [0, 0.1) is 6.92 Å². The molecule has 0 amide bonds. The maximum atomic E-state index is 4.31. The second-order valence-corrected chi connectivity index (χ2v) is 3.48. The first kappa shape index (κ1) is 8.53. The molecule has 1 aromatic heterocycles. The van der Waals surface area contributed by atoms with Gasteiger partial charge < -0.3 is 4.90 Å². The Bertz CT molecular complexity index is 258. The van der Waals surface area contributed by atoms with Crippen molar-refractivity contribution in [2.45, 2.75) is 6.92 Å². The van der Waals surface area contributed by atoms with E-state index in [-0.39, 0.29) is 0 Å². The summed E-state index contributed by atoms with van der Waals surface area (Å²) >= 11 is 3.33. The molecule has 0 aliphatic heterocycles. The normalized spacial score (nSPS) is 9.82. The van der Waals surface area contributed by atoms with Crippen molar-refractivity contribution in [2.75, 3.05) is 19.0 Å². The zero-order valence-corrected chi connectivity index (χ0v) is 8.51. The Morgan fingerprint density at radius 3 is 2.45 bits per heavy atom. The predicted molar refractivity (Wildman–Crippen MR) is 51.0 cm³/mol. The van der Waals surface area contributed by atoms with Crippen molar-refractivity contribution in [3.05, 3.63) is 22.3 Å². The minimum atomic E-state index is 0.881. The summed E-state index contributed by atoms with van der Waals surface area (Å²) in [5.41, 5.74) is 1.19. The molecule has 0 atom stereocenters. The maximum Gasteiger partial charge on any atom is 0.132 e. The van der Waals surface area contributed by atoms with Crippen molar-refractivity contribution < 1.29 is 0 Å². The van der Waals surface area contributed by atoms with Crippen LogP contribution in [0.25, 0.3) is 0 Å². The van der Waals surface area contributed by atoms with Gasteiger partial charge in [0.1, 0.15) is 10.4 Å². The van der Waals surface area contributed by atoms with Crippen molar-refractivity contribution in [1.82, 2.24) is 4.98 Å². The molecule has 1 heterocycles. The van der Waals surface area contributed by atoms with Crippen molar-refractivity contribution in [3.8, 4) is 0 Å². The van der Waals surface area contributed by atoms with E-state index in [0.29, 0.717) is 0 Å². The molecule has 0 N–H and O–H groups in total. The number of halogens is 1. The Balaban J connectivity index is 3.13. The first-order valence-corrected chi connectivity index (χ1v) is 4.21. The quantitative estimate of drug-likeness (QED) is 0.667. The van der Waals surface area contributed by atoms with Gasteiger partial charge >= 0.3 is 0 Å². The van der Waals surface area contributed by atoms with Crippen LogP contribution in [-0.4, -0.2) is 19.1 Å². The number of aromatic nitrogens is 1. The Hall–Kier alpha value is -0.570. The largest absolute Gasteiger partial charge is 0.362 e. The average molecular weight is 215 g/mol. The van der Waals surface area contributed by atoms with Crippen LogP contribution in [0.1, 0.15) is 5.56 Å². The zero-order chi connectivity index (χ0) is 8.43. The van der Waals surface area contributed by atoms with Gasteiger partial charge in [0.25, 0.3) is 0 Å². The lowest BCUT2D eigenvalue weighted by Crippen LogP contribution is -2.12. The fourth-order valence-corrected chi connectivity index (χ4v) is 1.25. The van der Waals surface area contributed by atoms with Crippen LogP contribution >= 0.6 is 15.9 Å². The van der Waals surface area contributed by atoms with Gasteiger partial charge in [-0.2, -0.15) is 0 Å². The summed E-state index contributed by atoms with van der Waals surface area (Å²) in [6.07, 6.45) is 0. The van der Waals surface area contributed by atoms with E-state index in [2.05, 4.69) is 27.8 Å². The van der Waals surface area contributed by atoms with Gasteiger partial charge in [0.2, 0.25) is 0 Å². The number of anilines is 1. The molecule has 2 nitrogen and oxygen atoms in total.